The third kappa shape index (κ3) is 12.0. The van der Waals surface area contributed by atoms with Crippen molar-refractivity contribution in [1.29, 1.82) is 0 Å². The summed E-state index contributed by atoms with van der Waals surface area (Å²) in [5, 5.41) is 16.8. The molecule has 0 saturated carbocycles. The summed E-state index contributed by atoms with van der Waals surface area (Å²) in [7, 11) is 0. The zero-order valence-corrected chi connectivity index (χ0v) is 20.7. The number of carbonyl (C=O) groups is 5. The molecule has 0 spiro atoms. The second-order valence-corrected chi connectivity index (χ2v) is 8.72. The quantitative estimate of drug-likeness (QED) is 0.0631. The molecular weight excluding hydrogens is 460 g/mol. The van der Waals surface area contributed by atoms with Gasteiger partial charge in [0.2, 0.25) is 23.6 Å². The fourth-order valence-electron chi connectivity index (χ4n) is 2.96. The lowest BCUT2D eigenvalue weighted by Gasteiger charge is -2.28. The summed E-state index contributed by atoms with van der Waals surface area (Å²) in [5.74, 6) is -5.09. The first-order chi connectivity index (χ1) is 16.2. The Hall–Kier alpha value is -3.42. The second kappa shape index (κ2) is 15.5. The number of nitrogens with zero attached hydrogens (tertiary/aromatic N) is 1. The van der Waals surface area contributed by atoms with Crippen LogP contribution in [0.4, 0.5) is 0 Å². The standard InChI is InChI=1S/C21H40N8O6/c1-5-11(4)16(19(33)27-12(20(34)35)7-6-8-26-21(24)25)29-17(31)13(9-14(22)30)28-18(32)15(23)10(2)3/h10-13,15-16H,5-9,23H2,1-4H3,(H2,22,30)(H,27,33)(H,28,32)(H,29,31)(H,34,35)(H4,24,25,26). The van der Waals surface area contributed by atoms with Crippen LogP contribution in [0.25, 0.3) is 0 Å². The van der Waals surface area contributed by atoms with Gasteiger partial charge in [-0.3, -0.25) is 24.2 Å². The maximum absolute atomic E-state index is 12.9. The second-order valence-electron chi connectivity index (χ2n) is 8.72. The summed E-state index contributed by atoms with van der Waals surface area (Å²) in [4.78, 5) is 65.1. The van der Waals surface area contributed by atoms with E-state index in [0.29, 0.717) is 12.8 Å². The van der Waals surface area contributed by atoms with Gasteiger partial charge in [0.1, 0.15) is 18.1 Å². The van der Waals surface area contributed by atoms with E-state index in [-0.39, 0.29) is 24.8 Å². The highest BCUT2D eigenvalue weighted by atomic mass is 16.4. The van der Waals surface area contributed by atoms with E-state index in [1.165, 1.54) is 0 Å². The van der Waals surface area contributed by atoms with E-state index in [4.69, 9.17) is 22.9 Å². The van der Waals surface area contributed by atoms with Crippen molar-refractivity contribution in [3.8, 4) is 0 Å². The largest absolute Gasteiger partial charge is 0.480 e. The monoisotopic (exact) mass is 500 g/mol. The van der Waals surface area contributed by atoms with Crippen molar-refractivity contribution in [2.75, 3.05) is 6.54 Å². The molecule has 0 rings (SSSR count). The Morgan fingerprint density at radius 1 is 0.886 bits per heavy atom. The van der Waals surface area contributed by atoms with Gasteiger partial charge in [-0.1, -0.05) is 34.1 Å². The number of carboxylic acid groups (broad SMARTS) is 1. The van der Waals surface area contributed by atoms with E-state index in [1.807, 2.05) is 0 Å². The molecule has 0 radical (unpaired) electrons. The summed E-state index contributed by atoms with van der Waals surface area (Å²) in [6, 6.07) is -4.68. The lowest BCUT2D eigenvalue weighted by molar-refractivity contribution is -0.143. The fraction of sp³-hybridized carbons (Fsp3) is 0.714. The van der Waals surface area contributed by atoms with Crippen molar-refractivity contribution in [3.63, 3.8) is 0 Å². The molecule has 0 aromatic carbocycles. The number of aliphatic carboxylic acids is 1. The molecule has 0 aromatic heterocycles. The molecule has 0 aliphatic carbocycles. The molecule has 35 heavy (non-hydrogen) atoms. The van der Waals surface area contributed by atoms with Crippen LogP contribution in [0.1, 0.15) is 53.4 Å². The molecule has 14 heteroatoms. The third-order valence-electron chi connectivity index (χ3n) is 5.41. The molecule has 0 heterocycles. The van der Waals surface area contributed by atoms with E-state index in [0.717, 1.165) is 0 Å². The molecule has 5 atom stereocenters. The van der Waals surface area contributed by atoms with Gasteiger partial charge >= 0.3 is 5.97 Å². The summed E-state index contributed by atoms with van der Waals surface area (Å²) >= 11 is 0. The summed E-state index contributed by atoms with van der Waals surface area (Å²) in [6.45, 7) is 7.08. The Morgan fingerprint density at radius 3 is 1.91 bits per heavy atom. The molecule has 5 unspecified atom stereocenters. The topological polar surface area (TPSA) is 258 Å². The zero-order chi connectivity index (χ0) is 27.3. The normalized spacial score (nSPS) is 15.1. The van der Waals surface area contributed by atoms with Gasteiger partial charge in [0.15, 0.2) is 5.96 Å². The molecular formula is C21H40N8O6. The van der Waals surface area contributed by atoms with Crippen LogP contribution in [-0.4, -0.2) is 71.4 Å². The maximum atomic E-state index is 12.9. The highest BCUT2D eigenvalue weighted by Gasteiger charge is 2.33. The summed E-state index contributed by atoms with van der Waals surface area (Å²) in [5.41, 5.74) is 21.5. The van der Waals surface area contributed by atoms with Gasteiger partial charge in [-0.2, -0.15) is 0 Å². The Bertz CT molecular complexity index is 784. The summed E-state index contributed by atoms with van der Waals surface area (Å²) < 4.78 is 0. The average molecular weight is 501 g/mol. The number of carboxylic acids is 1. The lowest BCUT2D eigenvalue weighted by atomic mass is 9.96. The number of primary amides is 1. The predicted octanol–water partition coefficient (Wildman–Crippen LogP) is -2.52. The van der Waals surface area contributed by atoms with Gasteiger partial charge < -0.3 is 44.0 Å². The number of nitrogens with one attached hydrogen (secondary N) is 3. The van der Waals surface area contributed by atoms with E-state index >= 15 is 0 Å². The van der Waals surface area contributed by atoms with E-state index in [9.17, 15) is 29.1 Å². The lowest BCUT2D eigenvalue weighted by Crippen LogP contribution is -2.59. The minimum Gasteiger partial charge on any atom is -0.480 e. The zero-order valence-electron chi connectivity index (χ0n) is 20.7. The van der Waals surface area contributed by atoms with Crippen LogP contribution in [-0.2, 0) is 24.0 Å². The van der Waals surface area contributed by atoms with Gasteiger partial charge in [-0.05, 0) is 24.7 Å². The Balaban J connectivity index is 5.54. The molecule has 0 bridgehead atoms. The smallest absolute Gasteiger partial charge is 0.326 e. The molecule has 0 aromatic rings. The number of carbonyl (C=O) groups excluding carboxylic acids is 4. The first kappa shape index (κ1) is 31.6. The van der Waals surface area contributed by atoms with Crippen LogP contribution in [0.2, 0.25) is 0 Å². The van der Waals surface area contributed by atoms with Crippen molar-refractivity contribution in [1.82, 2.24) is 16.0 Å². The van der Waals surface area contributed by atoms with Crippen LogP contribution >= 0.6 is 0 Å². The Kier molecular flexibility index (Phi) is 14.0. The van der Waals surface area contributed by atoms with Crippen LogP contribution < -0.4 is 38.9 Å². The van der Waals surface area contributed by atoms with Gasteiger partial charge in [0, 0.05) is 6.54 Å². The SMILES string of the molecule is CCC(C)C(NC(=O)C(CC(N)=O)NC(=O)C(N)C(C)C)C(=O)NC(CCCN=C(N)N)C(=O)O. The van der Waals surface area contributed by atoms with Crippen molar-refractivity contribution >= 4 is 35.6 Å². The van der Waals surface area contributed by atoms with Gasteiger partial charge in [-0.15, -0.1) is 0 Å². The molecule has 14 nitrogen and oxygen atoms in total. The third-order valence-corrected chi connectivity index (χ3v) is 5.41. The van der Waals surface area contributed by atoms with Crippen LogP contribution in [0.3, 0.4) is 0 Å². The number of hydrogen-bond donors (Lipinski definition) is 8. The van der Waals surface area contributed by atoms with Gasteiger partial charge in [-0.25, -0.2) is 4.79 Å². The van der Waals surface area contributed by atoms with Gasteiger partial charge in [0.05, 0.1) is 12.5 Å². The minimum absolute atomic E-state index is 0.0481. The first-order valence-electron chi connectivity index (χ1n) is 11.4. The van der Waals surface area contributed by atoms with E-state index in [1.54, 1.807) is 27.7 Å². The molecule has 0 aliphatic heterocycles. The predicted molar refractivity (Wildman–Crippen MR) is 129 cm³/mol. The molecule has 0 fully saturated rings. The molecule has 0 saturated heterocycles. The molecule has 4 amide bonds. The Labute approximate surface area is 205 Å². The van der Waals surface area contributed by atoms with E-state index < -0.39 is 66.1 Å². The number of guanidine groups is 1. The van der Waals surface area contributed by atoms with Crippen molar-refractivity contribution < 1.29 is 29.1 Å². The highest BCUT2D eigenvalue weighted by Crippen LogP contribution is 2.11. The number of hydrogen-bond acceptors (Lipinski definition) is 7. The van der Waals surface area contributed by atoms with Crippen molar-refractivity contribution in [2.45, 2.75) is 77.5 Å². The van der Waals surface area contributed by atoms with Gasteiger partial charge in [0.25, 0.3) is 0 Å². The number of nitrogens with two attached hydrogens (primary N) is 4. The average Bonchev–Trinajstić information content (AvgIpc) is 2.76. The minimum atomic E-state index is -1.36. The molecule has 0 aliphatic rings. The number of rotatable bonds is 16. The van der Waals surface area contributed by atoms with Crippen molar-refractivity contribution in [2.24, 2.45) is 39.8 Å². The molecule has 200 valence electrons. The maximum Gasteiger partial charge on any atom is 0.326 e. The van der Waals surface area contributed by atoms with E-state index in [2.05, 4.69) is 20.9 Å². The summed E-state index contributed by atoms with van der Waals surface area (Å²) in [6.07, 6.45) is 0.288. The fourth-order valence-corrected chi connectivity index (χ4v) is 2.96. The number of aliphatic imine (C=N–C) groups is 1. The van der Waals surface area contributed by atoms with Crippen LogP contribution in [0.5, 0.6) is 0 Å². The first-order valence-corrected chi connectivity index (χ1v) is 11.4. The Morgan fingerprint density at radius 2 is 1.46 bits per heavy atom. The van der Waals surface area contributed by atoms with Crippen molar-refractivity contribution in [3.05, 3.63) is 0 Å². The highest BCUT2D eigenvalue weighted by molar-refractivity contribution is 5.96. The number of amides is 4. The van der Waals surface area contributed by atoms with Crippen LogP contribution in [0, 0.1) is 11.8 Å². The van der Waals surface area contributed by atoms with Crippen LogP contribution in [0.15, 0.2) is 4.99 Å². The molecule has 12 N–H and O–H groups in total.